The number of thiazole rings is 2. The molecular weight excluding hydrogens is 589 g/mol. The molecule has 0 aliphatic carbocycles. The highest BCUT2D eigenvalue weighted by Crippen LogP contribution is 2.16. The van der Waals surface area contributed by atoms with Crippen molar-refractivity contribution in [3.63, 3.8) is 0 Å². The average molecular weight is 643 g/mol. The zero-order chi connectivity index (χ0) is 31.6. The molecule has 0 unspecified atom stereocenters. The Morgan fingerprint density at radius 1 is 0.591 bits per heavy atom. The van der Waals surface area contributed by atoms with Crippen LogP contribution >= 0.6 is 22.7 Å². The van der Waals surface area contributed by atoms with Crippen LogP contribution in [-0.2, 0) is 35.4 Å². The predicted octanol–water partition coefficient (Wildman–Crippen LogP) is 8.52. The number of aryl methyl sites for hydroxylation is 2. The van der Waals surface area contributed by atoms with Crippen molar-refractivity contribution in [1.29, 1.82) is 0 Å². The van der Waals surface area contributed by atoms with Gasteiger partial charge in [-0.25, -0.2) is 9.59 Å². The Labute approximate surface area is 273 Å². The highest BCUT2D eigenvalue weighted by molar-refractivity contribution is 7.09. The van der Waals surface area contributed by atoms with Crippen LogP contribution in [0.2, 0.25) is 0 Å². The SMILES string of the molecule is CCCCCCCC[n+]1csc(CCOC(=O)c2ccc(C(=O)OCCc3sc[n+](CCCCCCCC)c3C)cc2)c1C. The Balaban J connectivity index is 1.34. The van der Waals surface area contributed by atoms with E-state index >= 15 is 0 Å². The van der Waals surface area contributed by atoms with Crippen LogP contribution in [0.25, 0.3) is 0 Å². The van der Waals surface area contributed by atoms with Crippen LogP contribution in [0, 0.1) is 13.8 Å². The normalized spacial score (nSPS) is 11.2. The number of carbonyl (C=O) groups excluding carboxylic acids is 2. The van der Waals surface area contributed by atoms with Crippen LogP contribution in [0.5, 0.6) is 0 Å². The molecule has 0 N–H and O–H groups in total. The molecule has 0 aliphatic rings. The molecule has 2 heterocycles. The number of rotatable bonds is 22. The molecule has 0 saturated heterocycles. The van der Waals surface area contributed by atoms with E-state index in [2.05, 4.69) is 47.9 Å². The summed E-state index contributed by atoms with van der Waals surface area (Å²) >= 11 is 3.47. The summed E-state index contributed by atoms with van der Waals surface area (Å²) in [6, 6.07) is 6.55. The van der Waals surface area contributed by atoms with E-state index in [4.69, 9.17) is 9.47 Å². The van der Waals surface area contributed by atoms with Gasteiger partial charge in [-0.05, 0) is 37.1 Å². The second-order valence-electron chi connectivity index (χ2n) is 11.7. The molecule has 0 aliphatic heterocycles. The first-order chi connectivity index (χ1) is 21.4. The van der Waals surface area contributed by atoms with Gasteiger partial charge in [-0.1, -0.05) is 87.9 Å². The van der Waals surface area contributed by atoms with Crippen LogP contribution in [0.4, 0.5) is 0 Å². The van der Waals surface area contributed by atoms with Crippen LogP contribution < -0.4 is 9.13 Å². The second kappa shape index (κ2) is 20.5. The molecule has 0 radical (unpaired) electrons. The lowest BCUT2D eigenvalue weighted by atomic mass is 10.1. The lowest BCUT2D eigenvalue weighted by Crippen LogP contribution is -2.34. The fourth-order valence-corrected chi connectivity index (χ4v) is 7.34. The number of carbonyl (C=O) groups is 2. The van der Waals surface area contributed by atoms with Crippen molar-refractivity contribution < 1.29 is 28.2 Å². The standard InChI is InChI=1S/C36H54N2O4S2/c1-5-7-9-11-13-15-23-37-27-43-33(29(37)3)21-25-41-35(39)31-17-19-32(20-18-31)36(40)42-26-22-34-30(4)38(28-44-34)24-16-14-12-10-8-6-2/h17-20,27-28H,5-16,21-26H2,1-4H3/q+2. The van der Waals surface area contributed by atoms with E-state index in [1.54, 1.807) is 46.9 Å². The largest absolute Gasteiger partial charge is 0.462 e. The molecule has 2 aromatic heterocycles. The zero-order valence-corrected chi connectivity index (χ0v) is 29.2. The molecule has 3 rings (SSSR count). The average Bonchev–Trinajstić information content (AvgIpc) is 3.57. The highest BCUT2D eigenvalue weighted by Gasteiger charge is 2.18. The van der Waals surface area contributed by atoms with Crippen molar-refractivity contribution >= 4 is 34.6 Å². The number of aromatic nitrogens is 2. The molecule has 44 heavy (non-hydrogen) atoms. The monoisotopic (exact) mass is 642 g/mol. The number of nitrogens with zero attached hydrogens (tertiary/aromatic N) is 2. The zero-order valence-electron chi connectivity index (χ0n) is 27.5. The third-order valence-corrected chi connectivity index (χ3v) is 10.6. The van der Waals surface area contributed by atoms with Crippen molar-refractivity contribution in [1.82, 2.24) is 0 Å². The minimum Gasteiger partial charge on any atom is -0.462 e. The Hall–Kier alpha value is -2.58. The fraction of sp³-hybridized carbons (Fsp3) is 0.611. The number of hydrogen-bond donors (Lipinski definition) is 0. The number of hydrogen-bond acceptors (Lipinski definition) is 6. The summed E-state index contributed by atoms with van der Waals surface area (Å²) < 4.78 is 15.8. The fourth-order valence-electron chi connectivity index (χ4n) is 5.33. The first kappa shape index (κ1) is 35.9. The summed E-state index contributed by atoms with van der Waals surface area (Å²) in [4.78, 5) is 27.7. The highest BCUT2D eigenvalue weighted by atomic mass is 32.1. The first-order valence-corrected chi connectivity index (χ1v) is 18.6. The van der Waals surface area contributed by atoms with Crippen molar-refractivity contribution in [2.24, 2.45) is 0 Å². The van der Waals surface area contributed by atoms with E-state index in [0.717, 1.165) is 13.1 Å². The third-order valence-electron chi connectivity index (χ3n) is 8.30. The van der Waals surface area contributed by atoms with Crippen LogP contribution in [-0.4, -0.2) is 25.2 Å². The number of benzene rings is 1. The minimum atomic E-state index is -0.374. The van der Waals surface area contributed by atoms with Crippen LogP contribution in [0.1, 0.15) is 133 Å². The van der Waals surface area contributed by atoms with Crippen molar-refractivity contribution in [2.75, 3.05) is 13.2 Å². The molecule has 0 amide bonds. The molecule has 1 aromatic carbocycles. The van der Waals surface area contributed by atoms with Gasteiger partial charge in [-0.15, -0.1) is 0 Å². The summed E-state index contributed by atoms with van der Waals surface area (Å²) in [6.45, 7) is 11.6. The Morgan fingerprint density at radius 2 is 0.955 bits per heavy atom. The molecule has 0 saturated carbocycles. The minimum absolute atomic E-state index is 0.335. The van der Waals surface area contributed by atoms with Crippen molar-refractivity contribution in [2.45, 2.75) is 131 Å². The van der Waals surface area contributed by atoms with Gasteiger partial charge in [0.05, 0.1) is 34.1 Å². The van der Waals surface area contributed by atoms with Crippen LogP contribution in [0.15, 0.2) is 35.3 Å². The van der Waals surface area contributed by atoms with E-state index in [0.29, 0.717) is 37.2 Å². The Morgan fingerprint density at radius 3 is 1.34 bits per heavy atom. The van der Waals surface area contributed by atoms with Crippen molar-refractivity contribution in [3.05, 3.63) is 67.6 Å². The van der Waals surface area contributed by atoms with Gasteiger partial charge in [0.2, 0.25) is 11.0 Å². The van der Waals surface area contributed by atoms with E-state index < -0.39 is 0 Å². The van der Waals surface area contributed by atoms with Gasteiger partial charge in [-0.3, -0.25) is 0 Å². The molecule has 8 heteroatoms. The molecule has 0 bridgehead atoms. The molecule has 0 spiro atoms. The van der Waals surface area contributed by atoms with E-state index in [1.807, 2.05) is 0 Å². The van der Waals surface area contributed by atoms with E-state index in [1.165, 1.54) is 98.2 Å². The van der Waals surface area contributed by atoms with Gasteiger partial charge in [0.25, 0.3) is 0 Å². The summed E-state index contributed by atoms with van der Waals surface area (Å²) in [5, 5.41) is 0. The van der Waals surface area contributed by atoms with Gasteiger partial charge in [-0.2, -0.15) is 9.13 Å². The van der Waals surface area contributed by atoms with Gasteiger partial charge in [0, 0.05) is 39.5 Å². The van der Waals surface area contributed by atoms with Gasteiger partial charge in [0.1, 0.15) is 13.1 Å². The number of esters is 2. The molecule has 6 nitrogen and oxygen atoms in total. The summed E-state index contributed by atoms with van der Waals surface area (Å²) in [5.74, 6) is -0.747. The first-order valence-electron chi connectivity index (χ1n) is 16.8. The van der Waals surface area contributed by atoms with Gasteiger partial charge in [0.15, 0.2) is 11.4 Å². The lowest BCUT2D eigenvalue weighted by molar-refractivity contribution is -0.698. The van der Waals surface area contributed by atoms with E-state index in [-0.39, 0.29) is 11.9 Å². The van der Waals surface area contributed by atoms with Crippen molar-refractivity contribution in [3.8, 4) is 0 Å². The Kier molecular flexibility index (Phi) is 16.7. The molecule has 0 fully saturated rings. The number of unbranched alkanes of at least 4 members (excludes halogenated alkanes) is 10. The quantitative estimate of drug-likeness (QED) is 0.0626. The molecule has 3 aromatic rings. The topological polar surface area (TPSA) is 60.4 Å². The third kappa shape index (κ3) is 12.1. The molecule has 0 atom stereocenters. The smallest absolute Gasteiger partial charge is 0.338 e. The summed E-state index contributed by atoms with van der Waals surface area (Å²) in [5.41, 5.74) is 7.78. The van der Waals surface area contributed by atoms with Gasteiger partial charge >= 0.3 is 11.9 Å². The summed E-state index contributed by atoms with van der Waals surface area (Å²) in [6.07, 6.45) is 16.9. The Bertz CT molecular complexity index is 1170. The lowest BCUT2D eigenvalue weighted by Gasteiger charge is -2.06. The maximum Gasteiger partial charge on any atom is 0.338 e. The second-order valence-corrected chi connectivity index (χ2v) is 13.6. The summed E-state index contributed by atoms with van der Waals surface area (Å²) in [7, 11) is 0. The van der Waals surface area contributed by atoms with Gasteiger partial charge < -0.3 is 9.47 Å². The molecular formula is C36H54N2O4S2+2. The molecule has 242 valence electrons. The predicted molar refractivity (Wildman–Crippen MR) is 180 cm³/mol. The van der Waals surface area contributed by atoms with E-state index in [9.17, 15) is 9.59 Å². The maximum atomic E-state index is 12.6. The van der Waals surface area contributed by atoms with Crippen LogP contribution in [0.3, 0.4) is 0 Å². The maximum absolute atomic E-state index is 12.6. The number of ether oxygens (including phenoxy) is 2.